The molecule has 0 aliphatic rings. The second-order valence-electron chi connectivity index (χ2n) is 8.10. The fourth-order valence-corrected chi connectivity index (χ4v) is 4.46. The molecular formula is C27H26N4O. The first-order valence-electron chi connectivity index (χ1n) is 10.9. The lowest BCUT2D eigenvalue weighted by Gasteiger charge is -2.18. The van der Waals surface area contributed by atoms with Crippen molar-refractivity contribution < 1.29 is 4.79 Å². The highest BCUT2D eigenvalue weighted by molar-refractivity contribution is 5.88. The predicted octanol–water partition coefficient (Wildman–Crippen LogP) is 5.29. The van der Waals surface area contributed by atoms with Gasteiger partial charge in [-0.15, -0.1) is 0 Å². The van der Waals surface area contributed by atoms with Gasteiger partial charge in [0.05, 0.1) is 0 Å². The maximum Gasteiger partial charge on any atom is 0.315 e. The lowest BCUT2D eigenvalue weighted by Crippen LogP contribution is -2.37. The molecule has 2 aromatic heterocycles. The largest absolute Gasteiger partial charge is 0.361 e. The summed E-state index contributed by atoms with van der Waals surface area (Å²) in [5.41, 5.74) is 5.74. The molecule has 0 bridgehead atoms. The summed E-state index contributed by atoms with van der Waals surface area (Å²) in [5, 5.41) is 8.46. The van der Waals surface area contributed by atoms with Gasteiger partial charge in [-0.3, -0.25) is 0 Å². The van der Waals surface area contributed by atoms with Gasteiger partial charge in [0.25, 0.3) is 0 Å². The van der Waals surface area contributed by atoms with Crippen molar-refractivity contribution in [1.29, 1.82) is 0 Å². The molecule has 0 saturated heterocycles. The Morgan fingerprint density at radius 2 is 1.59 bits per heavy atom. The van der Waals surface area contributed by atoms with E-state index in [4.69, 9.17) is 0 Å². The summed E-state index contributed by atoms with van der Waals surface area (Å²) < 4.78 is 2.15. The molecule has 0 spiro atoms. The van der Waals surface area contributed by atoms with Crippen LogP contribution in [0.2, 0.25) is 0 Å². The number of benzene rings is 3. The number of nitrogens with one attached hydrogen (secondary N) is 3. The van der Waals surface area contributed by atoms with Crippen molar-refractivity contribution in [1.82, 2.24) is 20.2 Å². The average Bonchev–Trinajstić information content (AvgIpc) is 3.41. The number of hydrogen-bond donors (Lipinski definition) is 3. The number of carbonyl (C=O) groups excluding carboxylic acids is 1. The second kappa shape index (κ2) is 8.63. The van der Waals surface area contributed by atoms with Crippen LogP contribution in [0.4, 0.5) is 4.79 Å². The molecule has 3 N–H and O–H groups in total. The Morgan fingerprint density at radius 1 is 0.875 bits per heavy atom. The molecule has 0 aliphatic carbocycles. The quantitative estimate of drug-likeness (QED) is 0.342. The van der Waals surface area contributed by atoms with Gasteiger partial charge in [0.2, 0.25) is 0 Å². The first-order valence-corrected chi connectivity index (χ1v) is 10.9. The zero-order valence-electron chi connectivity index (χ0n) is 18.0. The molecule has 160 valence electrons. The van der Waals surface area contributed by atoms with Crippen LogP contribution in [0.3, 0.4) is 0 Å². The summed E-state index contributed by atoms with van der Waals surface area (Å²) in [6.45, 7) is 0.995. The van der Waals surface area contributed by atoms with Gasteiger partial charge in [-0.2, -0.15) is 0 Å². The summed E-state index contributed by atoms with van der Waals surface area (Å²) in [6.07, 6.45) is 4.25. The zero-order valence-corrected chi connectivity index (χ0v) is 18.0. The minimum Gasteiger partial charge on any atom is -0.361 e. The topological polar surface area (TPSA) is 61.9 Å². The van der Waals surface area contributed by atoms with E-state index in [0.29, 0.717) is 13.1 Å². The SMILES string of the molecule is Cn1cc(C(CNC(=O)NCc2ccccc2)c2c[nH]c3ccccc23)c2ccccc21. The third-order valence-electron chi connectivity index (χ3n) is 6.06. The molecule has 1 atom stereocenters. The van der Waals surface area contributed by atoms with Crippen molar-refractivity contribution in [2.24, 2.45) is 7.05 Å². The average molecular weight is 423 g/mol. The van der Waals surface area contributed by atoms with Crippen molar-refractivity contribution >= 4 is 27.8 Å². The maximum absolute atomic E-state index is 12.6. The number of aryl methyl sites for hydroxylation is 1. The standard InChI is InChI=1S/C27H26N4O/c1-31-18-24(21-12-6-8-14-26(21)31)23(22-16-28-25-13-7-5-11-20(22)25)17-30-27(32)29-15-19-9-3-2-4-10-19/h2-14,16,18,23,28H,15,17H2,1H3,(H2,29,30,32). The first-order chi connectivity index (χ1) is 15.7. The van der Waals surface area contributed by atoms with E-state index in [1.807, 2.05) is 36.4 Å². The Hall–Kier alpha value is -3.99. The number of fused-ring (bicyclic) bond motifs is 2. The number of H-pyrrole nitrogens is 1. The third kappa shape index (κ3) is 3.85. The Labute approximate surface area is 187 Å². The van der Waals surface area contributed by atoms with Gasteiger partial charge in [0.1, 0.15) is 0 Å². The van der Waals surface area contributed by atoms with Crippen LogP contribution in [0.15, 0.2) is 91.3 Å². The van der Waals surface area contributed by atoms with E-state index in [-0.39, 0.29) is 11.9 Å². The van der Waals surface area contributed by atoms with Crippen molar-refractivity contribution in [2.75, 3.05) is 6.54 Å². The van der Waals surface area contributed by atoms with Crippen molar-refractivity contribution in [2.45, 2.75) is 12.5 Å². The smallest absolute Gasteiger partial charge is 0.315 e. The van der Waals surface area contributed by atoms with Crippen molar-refractivity contribution in [3.63, 3.8) is 0 Å². The molecule has 32 heavy (non-hydrogen) atoms. The molecular weight excluding hydrogens is 396 g/mol. The van der Waals surface area contributed by atoms with E-state index in [9.17, 15) is 4.79 Å². The number of nitrogens with zero attached hydrogens (tertiary/aromatic N) is 1. The van der Waals surface area contributed by atoms with Gasteiger partial charge < -0.3 is 20.2 Å². The number of hydrogen-bond acceptors (Lipinski definition) is 1. The number of aromatic amines is 1. The van der Waals surface area contributed by atoms with Crippen LogP contribution in [-0.2, 0) is 13.6 Å². The number of rotatable bonds is 6. The number of amides is 2. The highest BCUT2D eigenvalue weighted by Gasteiger charge is 2.22. The van der Waals surface area contributed by atoms with Gasteiger partial charge >= 0.3 is 6.03 Å². The van der Waals surface area contributed by atoms with E-state index in [1.165, 1.54) is 27.4 Å². The molecule has 0 fully saturated rings. The number of para-hydroxylation sites is 2. The number of carbonyl (C=O) groups is 1. The Bertz CT molecular complexity index is 1370. The minimum atomic E-state index is -0.168. The Morgan fingerprint density at radius 3 is 2.44 bits per heavy atom. The van der Waals surface area contributed by atoms with Crippen LogP contribution in [0.1, 0.15) is 22.6 Å². The van der Waals surface area contributed by atoms with Gasteiger partial charge in [-0.1, -0.05) is 66.7 Å². The molecule has 5 rings (SSSR count). The van der Waals surface area contributed by atoms with Crippen molar-refractivity contribution in [3.8, 4) is 0 Å². The van der Waals surface area contributed by atoms with Gasteiger partial charge in [0.15, 0.2) is 0 Å². The van der Waals surface area contributed by atoms with E-state index in [0.717, 1.165) is 11.1 Å². The maximum atomic E-state index is 12.6. The predicted molar refractivity (Wildman–Crippen MR) is 130 cm³/mol. The molecule has 5 aromatic rings. The van der Waals surface area contributed by atoms with Gasteiger partial charge in [-0.25, -0.2) is 4.79 Å². The number of aromatic nitrogens is 2. The zero-order chi connectivity index (χ0) is 21.9. The molecule has 2 heterocycles. The van der Waals surface area contributed by atoms with Gasteiger partial charge in [0, 0.05) is 60.3 Å². The molecule has 0 aliphatic heterocycles. The van der Waals surface area contributed by atoms with Crippen LogP contribution in [0.25, 0.3) is 21.8 Å². The highest BCUT2D eigenvalue weighted by Crippen LogP contribution is 2.35. The summed E-state index contributed by atoms with van der Waals surface area (Å²) >= 11 is 0. The van der Waals surface area contributed by atoms with E-state index < -0.39 is 0 Å². The van der Waals surface area contributed by atoms with Crippen molar-refractivity contribution in [3.05, 3.63) is 108 Å². The molecule has 1 unspecified atom stereocenters. The van der Waals surface area contributed by atoms with E-state index in [2.05, 4.69) is 82.1 Å². The fraction of sp³-hybridized carbons (Fsp3) is 0.148. The monoisotopic (exact) mass is 422 g/mol. The number of urea groups is 1. The molecule has 5 nitrogen and oxygen atoms in total. The van der Waals surface area contributed by atoms with E-state index in [1.54, 1.807) is 0 Å². The molecule has 3 aromatic carbocycles. The normalized spacial score (nSPS) is 12.2. The lowest BCUT2D eigenvalue weighted by atomic mass is 9.90. The van der Waals surface area contributed by atoms with Gasteiger partial charge in [-0.05, 0) is 28.8 Å². The Kier molecular flexibility index (Phi) is 5.38. The van der Waals surface area contributed by atoms with Crippen LogP contribution in [0, 0.1) is 0 Å². The van der Waals surface area contributed by atoms with Crippen LogP contribution in [0.5, 0.6) is 0 Å². The summed E-state index contributed by atoms with van der Waals surface area (Å²) in [6, 6.07) is 26.5. The molecule has 0 radical (unpaired) electrons. The van der Waals surface area contributed by atoms with E-state index >= 15 is 0 Å². The summed E-state index contributed by atoms with van der Waals surface area (Å²) in [5.74, 6) is 0.0136. The summed E-state index contributed by atoms with van der Waals surface area (Å²) in [7, 11) is 2.07. The van der Waals surface area contributed by atoms with Crippen LogP contribution >= 0.6 is 0 Å². The Balaban J connectivity index is 1.44. The third-order valence-corrected chi connectivity index (χ3v) is 6.06. The lowest BCUT2D eigenvalue weighted by molar-refractivity contribution is 0.240. The second-order valence-corrected chi connectivity index (χ2v) is 8.10. The highest BCUT2D eigenvalue weighted by atomic mass is 16.2. The molecule has 0 saturated carbocycles. The minimum absolute atomic E-state index is 0.0136. The fourth-order valence-electron chi connectivity index (χ4n) is 4.46. The van der Waals surface area contributed by atoms with Crippen LogP contribution < -0.4 is 10.6 Å². The summed E-state index contributed by atoms with van der Waals surface area (Å²) in [4.78, 5) is 16.0. The molecule has 5 heteroatoms. The molecule has 2 amide bonds. The van der Waals surface area contributed by atoms with Crippen LogP contribution in [-0.4, -0.2) is 22.1 Å². The first kappa shape index (κ1) is 19.9.